The predicted molar refractivity (Wildman–Crippen MR) is 69.3 cm³/mol. The average molecular weight is 298 g/mol. The molecule has 1 aliphatic rings. The number of carboxylic acids is 1. The van der Waals surface area contributed by atoms with Crippen LogP contribution < -0.4 is 0 Å². The van der Waals surface area contributed by atoms with Crippen molar-refractivity contribution in [1.29, 1.82) is 0 Å². The largest absolute Gasteiger partial charge is 0.478 e. The van der Waals surface area contributed by atoms with Gasteiger partial charge in [0.1, 0.15) is 5.82 Å². The molecule has 21 heavy (non-hydrogen) atoms. The Morgan fingerprint density at radius 1 is 1.38 bits per heavy atom. The zero-order valence-corrected chi connectivity index (χ0v) is 11.0. The Hall–Kier alpha value is -2.05. The van der Waals surface area contributed by atoms with Gasteiger partial charge in [0.2, 0.25) is 0 Å². The Morgan fingerprint density at radius 3 is 2.67 bits per heavy atom. The van der Waals surface area contributed by atoms with Crippen molar-refractivity contribution in [3.8, 4) is 0 Å². The summed E-state index contributed by atoms with van der Waals surface area (Å²) in [7, 11) is 0. The van der Waals surface area contributed by atoms with E-state index < -0.39 is 18.6 Å². The van der Waals surface area contributed by atoms with Crippen molar-refractivity contribution in [2.45, 2.75) is 37.9 Å². The molecule has 7 heteroatoms. The molecular weight excluding hydrogens is 285 g/mol. The number of halogens is 3. The Balaban J connectivity index is 2.03. The lowest BCUT2D eigenvalue weighted by molar-refractivity contribution is -0.136. The molecule has 1 saturated carbocycles. The molecule has 0 atom stereocenters. The third-order valence-electron chi connectivity index (χ3n) is 3.59. The zero-order valence-electron chi connectivity index (χ0n) is 11.0. The van der Waals surface area contributed by atoms with Crippen LogP contribution in [-0.4, -0.2) is 26.8 Å². The number of carbonyl (C=O) groups is 1. The number of aromatic carboxylic acids is 1. The number of carboxylic acid groups (broad SMARTS) is 1. The first kappa shape index (κ1) is 13.9. The number of benzene rings is 1. The summed E-state index contributed by atoms with van der Waals surface area (Å²) in [5.74, 6) is -0.245. The standard InChI is InChI=1S/C14H13F3N2O2/c15-14(16,17)5-6-19-11-4-3-9(13(20)21)7-10(11)18-12(19)8-1-2-8/h3-4,7-8H,1-2,5-6H2,(H,20,21). The minimum atomic E-state index is -4.22. The molecule has 1 heterocycles. The summed E-state index contributed by atoms with van der Waals surface area (Å²) in [5.41, 5.74) is 1.09. The molecule has 1 aromatic heterocycles. The van der Waals surface area contributed by atoms with Crippen LogP contribution in [0, 0.1) is 0 Å². The SMILES string of the molecule is O=C(O)c1ccc2c(c1)nc(C1CC1)n2CCC(F)(F)F. The summed E-state index contributed by atoms with van der Waals surface area (Å²) in [4.78, 5) is 15.3. The molecule has 4 nitrogen and oxygen atoms in total. The minimum absolute atomic E-state index is 0.0883. The van der Waals surface area contributed by atoms with E-state index in [1.54, 1.807) is 4.57 Å². The van der Waals surface area contributed by atoms with Crippen molar-refractivity contribution in [3.05, 3.63) is 29.6 Å². The number of rotatable bonds is 4. The maximum absolute atomic E-state index is 12.5. The van der Waals surface area contributed by atoms with E-state index in [0.29, 0.717) is 16.9 Å². The van der Waals surface area contributed by atoms with Gasteiger partial charge in [-0.3, -0.25) is 0 Å². The van der Waals surface area contributed by atoms with E-state index >= 15 is 0 Å². The number of alkyl halides is 3. The molecule has 0 amide bonds. The molecule has 112 valence electrons. The van der Waals surface area contributed by atoms with Crippen LogP contribution in [0.15, 0.2) is 18.2 Å². The minimum Gasteiger partial charge on any atom is -0.478 e. The highest BCUT2D eigenvalue weighted by molar-refractivity contribution is 5.92. The second-order valence-corrected chi connectivity index (χ2v) is 5.27. The van der Waals surface area contributed by atoms with Crippen molar-refractivity contribution >= 4 is 17.0 Å². The number of aromatic nitrogens is 2. The van der Waals surface area contributed by atoms with Crippen LogP contribution >= 0.6 is 0 Å². The number of hydrogen-bond acceptors (Lipinski definition) is 2. The van der Waals surface area contributed by atoms with Crippen molar-refractivity contribution in [2.75, 3.05) is 0 Å². The normalized spacial score (nSPS) is 15.6. The highest BCUT2D eigenvalue weighted by atomic mass is 19.4. The van der Waals surface area contributed by atoms with Gasteiger partial charge in [-0.15, -0.1) is 0 Å². The van der Waals surface area contributed by atoms with Gasteiger partial charge in [-0.2, -0.15) is 13.2 Å². The number of nitrogens with zero attached hydrogens (tertiary/aromatic N) is 2. The number of hydrogen-bond donors (Lipinski definition) is 1. The van der Waals surface area contributed by atoms with Crippen LogP contribution in [0.5, 0.6) is 0 Å². The van der Waals surface area contributed by atoms with E-state index in [2.05, 4.69) is 4.98 Å². The summed E-state index contributed by atoms with van der Waals surface area (Å²) in [6, 6.07) is 4.34. The van der Waals surface area contributed by atoms with Crippen LogP contribution in [0.2, 0.25) is 0 Å². The number of imidazole rings is 1. The van der Waals surface area contributed by atoms with Gasteiger partial charge >= 0.3 is 12.1 Å². The molecule has 1 aromatic carbocycles. The third kappa shape index (κ3) is 2.86. The first-order valence-electron chi connectivity index (χ1n) is 6.65. The molecule has 0 radical (unpaired) electrons. The van der Waals surface area contributed by atoms with Crippen LogP contribution in [0.1, 0.15) is 41.4 Å². The van der Waals surface area contributed by atoms with Gasteiger partial charge in [0.15, 0.2) is 0 Å². The molecule has 3 rings (SSSR count). The summed E-state index contributed by atoms with van der Waals surface area (Å²) >= 11 is 0. The molecule has 1 N–H and O–H groups in total. The third-order valence-corrected chi connectivity index (χ3v) is 3.59. The lowest BCUT2D eigenvalue weighted by Crippen LogP contribution is -2.13. The maximum atomic E-state index is 12.5. The Bertz CT molecular complexity index is 702. The van der Waals surface area contributed by atoms with E-state index in [0.717, 1.165) is 12.8 Å². The van der Waals surface area contributed by atoms with Crippen molar-refractivity contribution in [2.24, 2.45) is 0 Å². The molecular formula is C14H13F3N2O2. The van der Waals surface area contributed by atoms with Crippen LogP contribution in [0.25, 0.3) is 11.0 Å². The molecule has 0 bridgehead atoms. The monoisotopic (exact) mass is 298 g/mol. The van der Waals surface area contributed by atoms with Crippen LogP contribution in [-0.2, 0) is 6.54 Å². The van der Waals surface area contributed by atoms with Gasteiger partial charge in [-0.05, 0) is 31.0 Å². The fourth-order valence-electron chi connectivity index (χ4n) is 2.41. The summed E-state index contributed by atoms with van der Waals surface area (Å²) in [5, 5.41) is 8.97. The van der Waals surface area contributed by atoms with Gasteiger partial charge < -0.3 is 9.67 Å². The molecule has 0 saturated heterocycles. The highest BCUT2D eigenvalue weighted by Gasteiger charge is 2.32. The van der Waals surface area contributed by atoms with Crippen LogP contribution in [0.3, 0.4) is 0 Å². The second-order valence-electron chi connectivity index (χ2n) is 5.27. The van der Waals surface area contributed by atoms with E-state index in [1.165, 1.54) is 18.2 Å². The van der Waals surface area contributed by atoms with Gasteiger partial charge in [-0.1, -0.05) is 0 Å². The quantitative estimate of drug-likeness (QED) is 0.939. The number of aryl methyl sites for hydroxylation is 1. The Morgan fingerprint density at radius 2 is 2.10 bits per heavy atom. The average Bonchev–Trinajstić information content (AvgIpc) is 3.16. The fraction of sp³-hybridized carbons (Fsp3) is 0.429. The van der Waals surface area contributed by atoms with Gasteiger partial charge in [-0.25, -0.2) is 9.78 Å². The van der Waals surface area contributed by atoms with Crippen molar-refractivity contribution < 1.29 is 23.1 Å². The van der Waals surface area contributed by atoms with E-state index in [-0.39, 0.29) is 18.0 Å². The smallest absolute Gasteiger partial charge is 0.390 e. The topological polar surface area (TPSA) is 55.1 Å². The summed E-state index contributed by atoms with van der Waals surface area (Å²) < 4.78 is 38.9. The highest BCUT2D eigenvalue weighted by Crippen LogP contribution is 2.41. The van der Waals surface area contributed by atoms with E-state index in [9.17, 15) is 18.0 Å². The van der Waals surface area contributed by atoms with Gasteiger partial charge in [0, 0.05) is 12.5 Å². The van der Waals surface area contributed by atoms with Gasteiger partial charge in [0.05, 0.1) is 23.0 Å². The molecule has 2 aromatic rings. The Labute approximate surface area is 118 Å². The Kier molecular flexibility index (Phi) is 3.15. The molecule has 1 aliphatic carbocycles. The summed E-state index contributed by atoms with van der Waals surface area (Å²) in [6.07, 6.45) is -3.31. The van der Waals surface area contributed by atoms with Crippen molar-refractivity contribution in [3.63, 3.8) is 0 Å². The lowest BCUT2D eigenvalue weighted by atomic mass is 10.2. The molecule has 0 spiro atoms. The first-order chi connectivity index (χ1) is 9.85. The molecule has 0 aliphatic heterocycles. The van der Waals surface area contributed by atoms with E-state index in [1.807, 2.05) is 0 Å². The molecule has 1 fully saturated rings. The van der Waals surface area contributed by atoms with E-state index in [4.69, 9.17) is 5.11 Å². The zero-order chi connectivity index (χ0) is 15.2. The number of fused-ring (bicyclic) bond motifs is 1. The van der Waals surface area contributed by atoms with Crippen molar-refractivity contribution in [1.82, 2.24) is 9.55 Å². The first-order valence-corrected chi connectivity index (χ1v) is 6.65. The lowest BCUT2D eigenvalue weighted by Gasteiger charge is -2.10. The summed E-state index contributed by atoms with van der Waals surface area (Å²) in [6.45, 7) is -0.182. The maximum Gasteiger partial charge on any atom is 0.390 e. The van der Waals surface area contributed by atoms with Crippen LogP contribution in [0.4, 0.5) is 13.2 Å². The second kappa shape index (κ2) is 4.75. The van der Waals surface area contributed by atoms with Gasteiger partial charge in [0.25, 0.3) is 0 Å². The fourth-order valence-corrected chi connectivity index (χ4v) is 2.41. The molecule has 0 unspecified atom stereocenters. The predicted octanol–water partition coefficient (Wildman–Crippen LogP) is 3.56.